The molecule has 0 saturated carbocycles. The molecule has 12 heavy (non-hydrogen) atoms. The van der Waals surface area contributed by atoms with Crippen LogP contribution in [0.25, 0.3) is 0 Å². The molecule has 0 aliphatic carbocycles. The van der Waals surface area contributed by atoms with Crippen molar-refractivity contribution in [1.82, 2.24) is 4.98 Å². The molecule has 0 fully saturated rings. The Morgan fingerprint density at radius 1 is 1.58 bits per heavy atom. The predicted octanol–water partition coefficient (Wildman–Crippen LogP) is 1.35. The molecule has 1 heterocycles. The van der Waals surface area contributed by atoms with E-state index in [-0.39, 0.29) is 5.97 Å². The Hall–Kier alpha value is -1.25. The highest BCUT2D eigenvalue weighted by Gasteiger charge is 2.09. The number of methoxy groups -OCH3 is 1. The number of aromatic nitrogens is 1. The first-order chi connectivity index (χ1) is 5.65. The molecule has 0 saturated heterocycles. The highest BCUT2D eigenvalue weighted by molar-refractivity contribution is 5.73. The lowest BCUT2D eigenvalue weighted by Crippen LogP contribution is -2.05. The van der Waals surface area contributed by atoms with Gasteiger partial charge in [0.2, 0.25) is 0 Å². The van der Waals surface area contributed by atoms with Crippen molar-refractivity contribution < 1.29 is 9.53 Å². The van der Waals surface area contributed by atoms with E-state index < -0.39 is 0 Å². The Labute approximate surface area is 71.7 Å². The van der Waals surface area contributed by atoms with E-state index in [1.807, 2.05) is 20.0 Å². The zero-order valence-electron chi connectivity index (χ0n) is 7.60. The number of carbonyl (C=O) groups is 1. The Balaban J connectivity index is 2.80. The van der Waals surface area contributed by atoms with Crippen LogP contribution in [-0.2, 0) is 16.0 Å². The summed E-state index contributed by atoms with van der Waals surface area (Å²) in [5.74, 6) is -0.194. The number of hydrogen-bond donors (Lipinski definition) is 1. The molecule has 0 radical (unpaired) electrons. The lowest BCUT2D eigenvalue weighted by Gasteiger charge is -1.99. The quantitative estimate of drug-likeness (QED) is 0.675. The molecule has 3 heteroatoms. The van der Waals surface area contributed by atoms with Crippen LogP contribution in [0.1, 0.15) is 16.8 Å². The van der Waals surface area contributed by atoms with E-state index >= 15 is 0 Å². The number of aromatic amines is 1. The summed E-state index contributed by atoms with van der Waals surface area (Å²) in [7, 11) is 1.40. The van der Waals surface area contributed by atoms with Gasteiger partial charge in [-0.25, -0.2) is 0 Å². The van der Waals surface area contributed by atoms with E-state index in [1.165, 1.54) is 7.11 Å². The van der Waals surface area contributed by atoms with Crippen LogP contribution in [0, 0.1) is 13.8 Å². The maximum atomic E-state index is 10.9. The lowest BCUT2D eigenvalue weighted by molar-refractivity contribution is -0.139. The normalized spacial score (nSPS) is 9.92. The Bertz CT molecular complexity index is 269. The van der Waals surface area contributed by atoms with Gasteiger partial charge in [-0.2, -0.15) is 0 Å². The van der Waals surface area contributed by atoms with Gasteiger partial charge in [-0.05, 0) is 25.0 Å². The van der Waals surface area contributed by atoms with Gasteiger partial charge in [-0.3, -0.25) is 4.79 Å². The summed E-state index contributed by atoms with van der Waals surface area (Å²) >= 11 is 0. The average Bonchev–Trinajstić information content (AvgIpc) is 2.35. The van der Waals surface area contributed by atoms with Gasteiger partial charge in [-0.1, -0.05) is 0 Å². The Morgan fingerprint density at radius 3 is 2.67 bits per heavy atom. The third kappa shape index (κ3) is 1.67. The number of nitrogens with one attached hydrogen (secondary N) is 1. The Morgan fingerprint density at radius 2 is 2.25 bits per heavy atom. The lowest BCUT2D eigenvalue weighted by atomic mass is 10.1. The van der Waals surface area contributed by atoms with Gasteiger partial charge in [-0.15, -0.1) is 0 Å². The van der Waals surface area contributed by atoms with E-state index in [2.05, 4.69) is 9.72 Å². The van der Waals surface area contributed by atoms with Gasteiger partial charge < -0.3 is 9.72 Å². The van der Waals surface area contributed by atoms with Gasteiger partial charge >= 0.3 is 5.97 Å². The van der Waals surface area contributed by atoms with Gasteiger partial charge in [0.15, 0.2) is 0 Å². The topological polar surface area (TPSA) is 42.1 Å². The first-order valence-electron chi connectivity index (χ1n) is 3.85. The van der Waals surface area contributed by atoms with Gasteiger partial charge in [0.05, 0.1) is 13.5 Å². The molecule has 0 aromatic carbocycles. The van der Waals surface area contributed by atoms with Crippen LogP contribution in [0.3, 0.4) is 0 Å². The maximum Gasteiger partial charge on any atom is 0.310 e. The molecule has 1 rings (SSSR count). The van der Waals surface area contributed by atoms with E-state index in [9.17, 15) is 4.79 Å². The van der Waals surface area contributed by atoms with Crippen LogP contribution < -0.4 is 0 Å². The second kappa shape index (κ2) is 3.43. The van der Waals surface area contributed by atoms with Crippen LogP contribution >= 0.6 is 0 Å². The molecule has 1 N–H and O–H groups in total. The second-order valence-corrected chi connectivity index (χ2v) is 2.83. The number of rotatable bonds is 2. The standard InChI is InChI=1S/C9H13NO2/c1-6-5-10-7(2)8(6)4-9(11)12-3/h5,10H,4H2,1-3H3. The number of ether oxygens (including phenoxy) is 1. The smallest absolute Gasteiger partial charge is 0.310 e. The van der Waals surface area contributed by atoms with Crippen molar-refractivity contribution in [3.8, 4) is 0 Å². The summed E-state index contributed by atoms with van der Waals surface area (Å²) in [5, 5.41) is 0. The number of aryl methyl sites for hydroxylation is 2. The van der Waals surface area contributed by atoms with Crippen molar-refractivity contribution in [2.45, 2.75) is 20.3 Å². The van der Waals surface area contributed by atoms with Crippen molar-refractivity contribution in [1.29, 1.82) is 0 Å². The maximum absolute atomic E-state index is 10.9. The van der Waals surface area contributed by atoms with Crippen molar-refractivity contribution in [3.63, 3.8) is 0 Å². The van der Waals surface area contributed by atoms with Crippen LogP contribution in [0.5, 0.6) is 0 Å². The highest BCUT2D eigenvalue weighted by Crippen LogP contribution is 2.12. The molecule has 0 aliphatic rings. The molecule has 0 atom stereocenters. The van der Waals surface area contributed by atoms with E-state index in [0.717, 1.165) is 16.8 Å². The van der Waals surface area contributed by atoms with Crippen molar-refractivity contribution in [2.75, 3.05) is 7.11 Å². The van der Waals surface area contributed by atoms with Crippen LogP contribution in [0.2, 0.25) is 0 Å². The second-order valence-electron chi connectivity index (χ2n) is 2.83. The molecule has 1 aromatic rings. The number of esters is 1. The summed E-state index contributed by atoms with van der Waals surface area (Å²) in [4.78, 5) is 14.0. The van der Waals surface area contributed by atoms with Crippen molar-refractivity contribution >= 4 is 5.97 Å². The van der Waals surface area contributed by atoms with Gasteiger partial charge in [0.1, 0.15) is 0 Å². The van der Waals surface area contributed by atoms with Gasteiger partial charge in [0, 0.05) is 11.9 Å². The fourth-order valence-corrected chi connectivity index (χ4v) is 1.17. The van der Waals surface area contributed by atoms with Crippen molar-refractivity contribution in [3.05, 3.63) is 23.0 Å². The number of carbonyl (C=O) groups excluding carboxylic acids is 1. The van der Waals surface area contributed by atoms with Gasteiger partial charge in [0.25, 0.3) is 0 Å². The zero-order valence-corrected chi connectivity index (χ0v) is 7.60. The molecule has 1 aromatic heterocycles. The zero-order chi connectivity index (χ0) is 9.14. The minimum absolute atomic E-state index is 0.194. The molecule has 0 amide bonds. The largest absolute Gasteiger partial charge is 0.469 e. The molecule has 66 valence electrons. The molecule has 3 nitrogen and oxygen atoms in total. The molecular formula is C9H13NO2. The minimum atomic E-state index is -0.194. The summed E-state index contributed by atoms with van der Waals surface area (Å²) in [5.41, 5.74) is 3.19. The summed E-state index contributed by atoms with van der Waals surface area (Å²) in [6, 6.07) is 0. The molecule has 0 bridgehead atoms. The Kier molecular flexibility index (Phi) is 2.53. The van der Waals surface area contributed by atoms with Crippen LogP contribution in [-0.4, -0.2) is 18.1 Å². The predicted molar refractivity (Wildman–Crippen MR) is 46.0 cm³/mol. The van der Waals surface area contributed by atoms with E-state index in [4.69, 9.17) is 0 Å². The average molecular weight is 167 g/mol. The third-order valence-corrected chi connectivity index (χ3v) is 1.98. The third-order valence-electron chi connectivity index (χ3n) is 1.98. The molecular weight excluding hydrogens is 154 g/mol. The number of H-pyrrole nitrogens is 1. The van der Waals surface area contributed by atoms with Crippen LogP contribution in [0.15, 0.2) is 6.20 Å². The minimum Gasteiger partial charge on any atom is -0.469 e. The molecule has 0 aliphatic heterocycles. The first kappa shape index (κ1) is 8.84. The van der Waals surface area contributed by atoms with E-state index in [1.54, 1.807) is 0 Å². The fourth-order valence-electron chi connectivity index (χ4n) is 1.17. The highest BCUT2D eigenvalue weighted by atomic mass is 16.5. The monoisotopic (exact) mass is 167 g/mol. The summed E-state index contributed by atoms with van der Waals surface area (Å²) in [6.07, 6.45) is 2.26. The molecule has 0 unspecified atom stereocenters. The SMILES string of the molecule is COC(=O)Cc1c(C)c[nH]c1C. The van der Waals surface area contributed by atoms with Crippen molar-refractivity contribution in [2.24, 2.45) is 0 Å². The molecule has 0 spiro atoms. The summed E-state index contributed by atoms with van der Waals surface area (Å²) in [6.45, 7) is 3.92. The number of hydrogen-bond acceptors (Lipinski definition) is 2. The fraction of sp³-hybridized carbons (Fsp3) is 0.444. The first-order valence-corrected chi connectivity index (χ1v) is 3.85. The van der Waals surface area contributed by atoms with Crippen LogP contribution in [0.4, 0.5) is 0 Å². The van der Waals surface area contributed by atoms with E-state index in [0.29, 0.717) is 6.42 Å². The summed E-state index contributed by atoms with van der Waals surface area (Å²) < 4.78 is 4.58.